The molecule has 5 nitrogen and oxygen atoms in total. The number of piperazine rings is 1. The number of rotatable bonds is 8. The first-order valence-corrected chi connectivity index (χ1v) is 10.0. The summed E-state index contributed by atoms with van der Waals surface area (Å²) in [5.41, 5.74) is 2.67. The maximum absolute atomic E-state index is 4.34. The molecule has 2 rings (SSSR count). The number of hydrogen-bond donors (Lipinski definition) is 2. The molecule has 1 heterocycles. The molecular formula is C21H38IN5. The molecular weight excluding hydrogens is 449 g/mol. The second-order valence-corrected chi connectivity index (χ2v) is 7.54. The number of unbranched alkanes of at least 4 members (excludes halogenated alkanes) is 1. The summed E-state index contributed by atoms with van der Waals surface area (Å²) in [6.45, 7) is 12.3. The third-order valence-electron chi connectivity index (χ3n) is 5.24. The molecule has 154 valence electrons. The summed E-state index contributed by atoms with van der Waals surface area (Å²) in [6, 6.07) is 8.80. The third kappa shape index (κ3) is 9.25. The van der Waals surface area contributed by atoms with Crippen LogP contribution in [0.4, 0.5) is 0 Å². The van der Waals surface area contributed by atoms with Gasteiger partial charge in [0.15, 0.2) is 5.96 Å². The summed E-state index contributed by atoms with van der Waals surface area (Å²) in [5, 5.41) is 6.89. The van der Waals surface area contributed by atoms with Crippen LogP contribution in [0.2, 0.25) is 0 Å². The van der Waals surface area contributed by atoms with Crippen molar-refractivity contribution in [2.24, 2.45) is 4.99 Å². The average Bonchev–Trinajstić information content (AvgIpc) is 2.65. The first kappa shape index (κ1) is 24.2. The molecule has 1 aliphatic rings. The smallest absolute Gasteiger partial charge is 0.190 e. The van der Waals surface area contributed by atoms with Crippen molar-refractivity contribution in [3.63, 3.8) is 0 Å². The van der Waals surface area contributed by atoms with Crippen molar-refractivity contribution in [2.45, 2.75) is 32.6 Å². The van der Waals surface area contributed by atoms with Crippen LogP contribution in [0.3, 0.4) is 0 Å². The Morgan fingerprint density at radius 2 is 1.74 bits per heavy atom. The summed E-state index contributed by atoms with van der Waals surface area (Å²) in [7, 11) is 4.05. The topological polar surface area (TPSA) is 42.9 Å². The molecule has 1 aromatic rings. The minimum atomic E-state index is 0. The fourth-order valence-corrected chi connectivity index (χ4v) is 3.22. The first-order valence-electron chi connectivity index (χ1n) is 10.0. The highest BCUT2D eigenvalue weighted by Gasteiger charge is 2.12. The van der Waals surface area contributed by atoms with Gasteiger partial charge in [-0.2, -0.15) is 0 Å². The van der Waals surface area contributed by atoms with Crippen LogP contribution in [0, 0.1) is 6.92 Å². The van der Waals surface area contributed by atoms with E-state index < -0.39 is 0 Å². The summed E-state index contributed by atoms with van der Waals surface area (Å²) in [6.07, 6.45) is 2.42. The van der Waals surface area contributed by atoms with Gasteiger partial charge in [-0.15, -0.1) is 24.0 Å². The fraction of sp³-hybridized carbons (Fsp3) is 0.667. The van der Waals surface area contributed by atoms with Gasteiger partial charge in [-0.05, 0) is 44.8 Å². The van der Waals surface area contributed by atoms with Crippen molar-refractivity contribution in [1.29, 1.82) is 0 Å². The number of benzene rings is 1. The van der Waals surface area contributed by atoms with Crippen molar-refractivity contribution in [1.82, 2.24) is 20.4 Å². The monoisotopic (exact) mass is 487 g/mol. The number of guanidine groups is 1. The Labute approximate surface area is 183 Å². The Balaban J connectivity index is 0.00000364. The molecule has 1 aromatic carbocycles. The van der Waals surface area contributed by atoms with Crippen LogP contribution in [0.5, 0.6) is 0 Å². The third-order valence-corrected chi connectivity index (χ3v) is 5.24. The summed E-state index contributed by atoms with van der Waals surface area (Å²) < 4.78 is 0. The largest absolute Gasteiger partial charge is 0.356 e. The van der Waals surface area contributed by atoms with Gasteiger partial charge in [-0.1, -0.05) is 36.8 Å². The number of nitrogens with one attached hydrogen (secondary N) is 2. The van der Waals surface area contributed by atoms with Gasteiger partial charge >= 0.3 is 0 Å². The highest BCUT2D eigenvalue weighted by molar-refractivity contribution is 14.0. The molecule has 1 fully saturated rings. The SMILES string of the molecule is CN=C(NCCCCN1CCN(C)CC1)NCC(C)c1ccc(C)cc1.I. The van der Waals surface area contributed by atoms with Crippen LogP contribution in [0.15, 0.2) is 29.3 Å². The van der Waals surface area contributed by atoms with Gasteiger partial charge < -0.3 is 20.4 Å². The minimum Gasteiger partial charge on any atom is -0.356 e. The van der Waals surface area contributed by atoms with E-state index in [0.717, 1.165) is 19.0 Å². The molecule has 0 aromatic heterocycles. The zero-order chi connectivity index (χ0) is 18.8. The van der Waals surface area contributed by atoms with Gasteiger partial charge in [0.1, 0.15) is 0 Å². The van der Waals surface area contributed by atoms with Crippen LogP contribution in [0.25, 0.3) is 0 Å². The van der Waals surface area contributed by atoms with E-state index in [4.69, 9.17) is 0 Å². The van der Waals surface area contributed by atoms with Crippen LogP contribution < -0.4 is 10.6 Å². The maximum atomic E-state index is 4.34. The van der Waals surface area contributed by atoms with Crippen LogP contribution in [-0.2, 0) is 0 Å². The summed E-state index contributed by atoms with van der Waals surface area (Å²) in [5.74, 6) is 1.37. The first-order chi connectivity index (χ1) is 12.6. The highest BCUT2D eigenvalue weighted by atomic mass is 127. The van der Waals surface area contributed by atoms with E-state index in [0.29, 0.717) is 5.92 Å². The van der Waals surface area contributed by atoms with Crippen molar-refractivity contribution in [2.75, 3.05) is 59.9 Å². The highest BCUT2D eigenvalue weighted by Crippen LogP contribution is 2.14. The lowest BCUT2D eigenvalue weighted by Crippen LogP contribution is -2.44. The second kappa shape index (κ2) is 13.3. The number of aryl methyl sites for hydroxylation is 1. The van der Waals surface area contributed by atoms with Crippen LogP contribution >= 0.6 is 24.0 Å². The number of aliphatic imine (C=N–C) groups is 1. The number of nitrogens with zero attached hydrogens (tertiary/aromatic N) is 3. The molecule has 1 unspecified atom stereocenters. The maximum Gasteiger partial charge on any atom is 0.190 e. The quantitative estimate of drug-likeness (QED) is 0.256. The molecule has 1 atom stereocenters. The van der Waals surface area contributed by atoms with Gasteiger partial charge in [0.05, 0.1) is 0 Å². The Morgan fingerprint density at radius 3 is 2.37 bits per heavy atom. The summed E-state index contributed by atoms with van der Waals surface area (Å²) >= 11 is 0. The molecule has 0 radical (unpaired) electrons. The van der Waals surface area contributed by atoms with E-state index in [1.165, 1.54) is 56.7 Å². The average molecular weight is 487 g/mol. The molecule has 0 spiro atoms. The zero-order valence-electron chi connectivity index (χ0n) is 17.5. The number of hydrogen-bond acceptors (Lipinski definition) is 3. The number of likely N-dealkylation sites (N-methyl/N-ethyl adjacent to an activating group) is 1. The molecule has 2 N–H and O–H groups in total. The van der Waals surface area contributed by atoms with E-state index >= 15 is 0 Å². The van der Waals surface area contributed by atoms with Crippen molar-refractivity contribution in [3.8, 4) is 0 Å². The van der Waals surface area contributed by atoms with Gasteiger partial charge in [0.25, 0.3) is 0 Å². The van der Waals surface area contributed by atoms with E-state index in [2.05, 4.69) is 70.6 Å². The lowest BCUT2D eigenvalue weighted by atomic mass is 10.0. The molecule has 1 saturated heterocycles. The van der Waals surface area contributed by atoms with E-state index in [1.807, 2.05) is 7.05 Å². The Hall–Kier alpha value is -0.860. The standard InChI is InChI=1S/C21H37N5.HI/c1-18-7-9-20(10-8-18)19(2)17-24-21(22-3)23-11-5-6-12-26-15-13-25(4)14-16-26;/h7-10,19H,5-6,11-17H2,1-4H3,(H2,22,23,24);1H. The van der Waals surface area contributed by atoms with Crippen LogP contribution in [0.1, 0.15) is 36.8 Å². The van der Waals surface area contributed by atoms with Crippen LogP contribution in [-0.4, -0.2) is 75.7 Å². The molecule has 6 heteroatoms. The zero-order valence-corrected chi connectivity index (χ0v) is 19.8. The van der Waals surface area contributed by atoms with E-state index in [1.54, 1.807) is 0 Å². The minimum absolute atomic E-state index is 0. The predicted octanol–water partition coefficient (Wildman–Crippen LogP) is 2.91. The Bertz CT molecular complexity index is 538. The molecule has 1 aliphatic heterocycles. The Morgan fingerprint density at radius 1 is 1.07 bits per heavy atom. The molecule has 0 aliphatic carbocycles. The normalized spacial score (nSPS) is 17.3. The lowest BCUT2D eigenvalue weighted by Gasteiger charge is -2.32. The predicted molar refractivity (Wildman–Crippen MR) is 128 cm³/mol. The number of halogens is 1. The van der Waals surface area contributed by atoms with Crippen molar-refractivity contribution in [3.05, 3.63) is 35.4 Å². The van der Waals surface area contributed by atoms with Gasteiger partial charge in [-0.3, -0.25) is 4.99 Å². The van der Waals surface area contributed by atoms with Gasteiger partial charge in [-0.25, -0.2) is 0 Å². The van der Waals surface area contributed by atoms with Gasteiger partial charge in [0.2, 0.25) is 0 Å². The van der Waals surface area contributed by atoms with Crippen molar-refractivity contribution < 1.29 is 0 Å². The van der Waals surface area contributed by atoms with E-state index in [-0.39, 0.29) is 24.0 Å². The Kier molecular flexibility index (Phi) is 11.9. The molecule has 27 heavy (non-hydrogen) atoms. The molecule has 0 bridgehead atoms. The summed E-state index contributed by atoms with van der Waals surface area (Å²) in [4.78, 5) is 9.33. The fourth-order valence-electron chi connectivity index (χ4n) is 3.22. The lowest BCUT2D eigenvalue weighted by molar-refractivity contribution is 0.152. The second-order valence-electron chi connectivity index (χ2n) is 7.54. The van der Waals surface area contributed by atoms with E-state index in [9.17, 15) is 0 Å². The van der Waals surface area contributed by atoms with Gasteiger partial charge in [0, 0.05) is 46.3 Å². The van der Waals surface area contributed by atoms with Crippen molar-refractivity contribution >= 4 is 29.9 Å². The molecule has 0 amide bonds. The molecule has 0 saturated carbocycles.